The van der Waals surface area contributed by atoms with Crippen LogP contribution in [0.4, 0.5) is 0 Å². The molecule has 1 fully saturated rings. The van der Waals surface area contributed by atoms with E-state index >= 15 is 0 Å². The molecule has 2 amide bonds. The molecule has 1 N–H and O–H groups in total. The summed E-state index contributed by atoms with van der Waals surface area (Å²) in [7, 11) is 4.01. The van der Waals surface area contributed by atoms with Crippen molar-refractivity contribution in [1.29, 1.82) is 0 Å². The zero-order chi connectivity index (χ0) is 22.0. The SMILES string of the molecule is Cc1ccc(C(=O)N2CCC3(CC2)C[C@H](CC(=O)NCCN(C)C)c2ccccc23)o1. The van der Waals surface area contributed by atoms with Crippen molar-refractivity contribution in [1.82, 2.24) is 15.1 Å². The zero-order valence-electron chi connectivity index (χ0n) is 18.8. The zero-order valence-corrected chi connectivity index (χ0v) is 18.8. The number of likely N-dealkylation sites (tertiary alicyclic amines) is 1. The van der Waals surface area contributed by atoms with Gasteiger partial charge in [-0.05, 0) is 74.9 Å². The number of benzene rings is 1. The monoisotopic (exact) mass is 423 g/mol. The summed E-state index contributed by atoms with van der Waals surface area (Å²) in [6, 6.07) is 12.2. The highest BCUT2D eigenvalue weighted by Gasteiger charge is 2.46. The summed E-state index contributed by atoms with van der Waals surface area (Å²) in [5, 5.41) is 3.06. The Kier molecular flexibility index (Phi) is 6.19. The van der Waals surface area contributed by atoms with Crippen LogP contribution in [-0.4, -0.2) is 61.9 Å². The third-order valence-electron chi connectivity index (χ3n) is 6.88. The third kappa shape index (κ3) is 4.54. The Hall–Kier alpha value is -2.60. The Morgan fingerprint density at radius 1 is 1.16 bits per heavy atom. The maximum absolute atomic E-state index is 12.8. The van der Waals surface area contributed by atoms with E-state index in [1.807, 2.05) is 32.0 Å². The summed E-state index contributed by atoms with van der Waals surface area (Å²) < 4.78 is 5.54. The van der Waals surface area contributed by atoms with Crippen LogP contribution < -0.4 is 5.32 Å². The normalized spacial score (nSPS) is 19.6. The van der Waals surface area contributed by atoms with Gasteiger partial charge in [0, 0.05) is 32.6 Å². The van der Waals surface area contributed by atoms with Gasteiger partial charge in [-0.15, -0.1) is 0 Å². The number of aryl methyl sites for hydroxylation is 1. The lowest BCUT2D eigenvalue weighted by Gasteiger charge is -2.40. The minimum atomic E-state index is -0.0222. The van der Waals surface area contributed by atoms with Crippen LogP contribution in [0.15, 0.2) is 40.8 Å². The van der Waals surface area contributed by atoms with Crippen LogP contribution in [-0.2, 0) is 10.2 Å². The van der Waals surface area contributed by atoms with Crippen molar-refractivity contribution >= 4 is 11.8 Å². The molecule has 1 aliphatic heterocycles. The van der Waals surface area contributed by atoms with E-state index in [0.29, 0.717) is 31.8 Å². The van der Waals surface area contributed by atoms with Gasteiger partial charge in [0.1, 0.15) is 5.76 Å². The topological polar surface area (TPSA) is 65.8 Å². The fourth-order valence-corrected chi connectivity index (χ4v) is 5.24. The fourth-order valence-electron chi connectivity index (χ4n) is 5.24. The molecule has 1 aromatic heterocycles. The number of amides is 2. The molecule has 6 heteroatoms. The van der Waals surface area contributed by atoms with Crippen molar-refractivity contribution in [3.05, 3.63) is 59.0 Å². The van der Waals surface area contributed by atoms with Crippen molar-refractivity contribution in [2.45, 2.75) is 43.9 Å². The first-order valence-electron chi connectivity index (χ1n) is 11.2. The fraction of sp³-hybridized carbons (Fsp3) is 0.520. The van der Waals surface area contributed by atoms with Gasteiger partial charge in [-0.3, -0.25) is 9.59 Å². The van der Waals surface area contributed by atoms with Gasteiger partial charge in [0.2, 0.25) is 5.91 Å². The number of carbonyl (C=O) groups excluding carboxylic acids is 2. The van der Waals surface area contributed by atoms with E-state index in [2.05, 4.69) is 34.5 Å². The molecule has 31 heavy (non-hydrogen) atoms. The number of piperidine rings is 1. The standard InChI is InChI=1S/C25H33N3O3/c1-18-8-9-22(31-18)24(30)28-13-10-25(11-14-28)17-19(20-6-4-5-7-21(20)25)16-23(29)26-12-15-27(2)3/h4-9,19H,10-17H2,1-3H3,(H,26,29)/t19-/m0/s1. The highest BCUT2D eigenvalue weighted by Crippen LogP contribution is 2.52. The second-order valence-electron chi connectivity index (χ2n) is 9.33. The molecular weight excluding hydrogens is 390 g/mol. The molecule has 1 spiro atoms. The van der Waals surface area contributed by atoms with Gasteiger partial charge in [0.15, 0.2) is 5.76 Å². The molecule has 2 aromatic rings. The summed E-state index contributed by atoms with van der Waals surface area (Å²) >= 11 is 0. The highest BCUT2D eigenvalue weighted by atomic mass is 16.3. The Bertz CT molecular complexity index is 941. The number of hydrogen-bond donors (Lipinski definition) is 1. The third-order valence-corrected chi connectivity index (χ3v) is 6.88. The summed E-state index contributed by atoms with van der Waals surface area (Å²) in [5.41, 5.74) is 2.75. The van der Waals surface area contributed by atoms with Crippen LogP contribution >= 0.6 is 0 Å². The molecule has 166 valence electrons. The van der Waals surface area contributed by atoms with Crippen LogP contribution in [0, 0.1) is 6.92 Å². The number of fused-ring (bicyclic) bond motifs is 2. The summed E-state index contributed by atoms with van der Waals surface area (Å²) in [6.45, 7) is 4.81. The Balaban J connectivity index is 1.42. The van der Waals surface area contributed by atoms with Gasteiger partial charge in [-0.25, -0.2) is 0 Å². The molecule has 0 unspecified atom stereocenters. The van der Waals surface area contributed by atoms with E-state index < -0.39 is 0 Å². The minimum absolute atomic E-state index is 0.0222. The highest BCUT2D eigenvalue weighted by molar-refractivity contribution is 5.91. The van der Waals surface area contributed by atoms with Crippen LogP contribution in [0.3, 0.4) is 0 Å². The predicted molar refractivity (Wildman–Crippen MR) is 120 cm³/mol. The molecular formula is C25H33N3O3. The van der Waals surface area contributed by atoms with E-state index in [1.165, 1.54) is 11.1 Å². The van der Waals surface area contributed by atoms with Crippen molar-refractivity contribution < 1.29 is 14.0 Å². The first-order chi connectivity index (χ1) is 14.9. The summed E-state index contributed by atoms with van der Waals surface area (Å²) in [5.74, 6) is 1.52. The Morgan fingerprint density at radius 3 is 2.58 bits per heavy atom. The van der Waals surface area contributed by atoms with Gasteiger partial charge in [0.25, 0.3) is 5.91 Å². The molecule has 4 rings (SSSR count). The smallest absolute Gasteiger partial charge is 0.289 e. The average molecular weight is 424 g/mol. The molecule has 1 saturated heterocycles. The first kappa shape index (κ1) is 21.6. The second kappa shape index (κ2) is 8.87. The van der Waals surface area contributed by atoms with Crippen LogP contribution in [0.2, 0.25) is 0 Å². The maximum atomic E-state index is 12.8. The molecule has 2 heterocycles. The molecule has 6 nitrogen and oxygen atoms in total. The second-order valence-corrected chi connectivity index (χ2v) is 9.33. The average Bonchev–Trinajstić information content (AvgIpc) is 3.30. The van der Waals surface area contributed by atoms with Gasteiger partial charge in [0.05, 0.1) is 0 Å². The lowest BCUT2D eigenvalue weighted by atomic mass is 9.73. The molecule has 2 aliphatic rings. The molecule has 0 radical (unpaired) electrons. The lowest BCUT2D eigenvalue weighted by Crippen LogP contribution is -2.44. The molecule has 1 atom stereocenters. The van der Waals surface area contributed by atoms with E-state index in [-0.39, 0.29) is 23.1 Å². The molecule has 0 bridgehead atoms. The van der Waals surface area contributed by atoms with E-state index in [0.717, 1.165) is 31.6 Å². The van der Waals surface area contributed by atoms with Crippen LogP contribution in [0.25, 0.3) is 0 Å². The summed E-state index contributed by atoms with van der Waals surface area (Å²) in [4.78, 5) is 29.3. The van der Waals surface area contributed by atoms with Crippen LogP contribution in [0.1, 0.15) is 59.0 Å². The predicted octanol–water partition coefficient (Wildman–Crippen LogP) is 3.32. The van der Waals surface area contributed by atoms with Gasteiger partial charge in [-0.1, -0.05) is 24.3 Å². The Morgan fingerprint density at radius 2 is 1.90 bits per heavy atom. The van der Waals surface area contributed by atoms with Crippen molar-refractivity contribution in [3.8, 4) is 0 Å². The molecule has 0 saturated carbocycles. The van der Waals surface area contributed by atoms with Crippen molar-refractivity contribution in [2.24, 2.45) is 0 Å². The van der Waals surface area contributed by atoms with Gasteiger partial charge in [-0.2, -0.15) is 0 Å². The first-order valence-corrected chi connectivity index (χ1v) is 11.2. The Labute approximate surface area is 184 Å². The number of nitrogens with one attached hydrogen (secondary N) is 1. The van der Waals surface area contributed by atoms with Gasteiger partial charge < -0.3 is 19.5 Å². The largest absolute Gasteiger partial charge is 0.456 e. The number of furan rings is 1. The number of hydrogen-bond acceptors (Lipinski definition) is 4. The summed E-state index contributed by atoms with van der Waals surface area (Å²) in [6.07, 6.45) is 3.36. The van der Waals surface area contributed by atoms with E-state index in [4.69, 9.17) is 4.42 Å². The molecule has 1 aliphatic carbocycles. The number of rotatable bonds is 6. The number of nitrogens with zero attached hydrogens (tertiary/aromatic N) is 2. The van der Waals surface area contributed by atoms with Crippen molar-refractivity contribution in [2.75, 3.05) is 40.3 Å². The number of likely N-dealkylation sites (N-methyl/N-ethyl adjacent to an activating group) is 1. The lowest BCUT2D eigenvalue weighted by molar-refractivity contribution is -0.121. The molecule has 1 aromatic carbocycles. The number of carbonyl (C=O) groups is 2. The maximum Gasteiger partial charge on any atom is 0.289 e. The minimum Gasteiger partial charge on any atom is -0.456 e. The quantitative estimate of drug-likeness (QED) is 0.774. The van der Waals surface area contributed by atoms with E-state index in [1.54, 1.807) is 6.07 Å². The van der Waals surface area contributed by atoms with Crippen molar-refractivity contribution in [3.63, 3.8) is 0 Å². The van der Waals surface area contributed by atoms with Gasteiger partial charge >= 0.3 is 0 Å². The van der Waals surface area contributed by atoms with Crippen LogP contribution in [0.5, 0.6) is 0 Å². The van der Waals surface area contributed by atoms with E-state index in [9.17, 15) is 9.59 Å².